The van der Waals surface area contributed by atoms with Crippen molar-refractivity contribution in [2.45, 2.75) is 0 Å². The second-order valence-corrected chi connectivity index (χ2v) is 5.14. The van der Waals surface area contributed by atoms with E-state index in [9.17, 15) is 4.79 Å². The summed E-state index contributed by atoms with van der Waals surface area (Å²) in [6, 6.07) is 14.3. The fourth-order valence-corrected chi connectivity index (χ4v) is 2.40. The molecule has 0 amide bonds. The zero-order valence-electron chi connectivity index (χ0n) is 12.6. The Hall–Kier alpha value is -2.73. The number of hydrogen-bond acceptors (Lipinski definition) is 5. The van der Waals surface area contributed by atoms with E-state index in [2.05, 4.69) is 15.1 Å². The molecule has 0 bridgehead atoms. The SMILES string of the molecule is O=C(O)c1ccccc1N=Nc1ccc(N2CCOCC2)cc1. The normalized spacial score (nSPS) is 15.0. The van der Waals surface area contributed by atoms with Gasteiger partial charge in [0.2, 0.25) is 0 Å². The van der Waals surface area contributed by atoms with Crippen LogP contribution in [0.25, 0.3) is 0 Å². The molecule has 118 valence electrons. The molecule has 2 aromatic rings. The Morgan fingerprint density at radius 3 is 2.39 bits per heavy atom. The number of hydrogen-bond donors (Lipinski definition) is 1. The molecular formula is C17H17N3O3. The van der Waals surface area contributed by atoms with Crippen molar-refractivity contribution in [1.29, 1.82) is 0 Å². The van der Waals surface area contributed by atoms with Gasteiger partial charge in [-0.15, -0.1) is 5.11 Å². The Bertz CT molecular complexity index is 707. The standard InChI is InChI=1S/C17H17N3O3/c21-17(22)15-3-1-2-4-16(15)19-18-13-5-7-14(8-6-13)20-9-11-23-12-10-20/h1-8H,9-12H2,(H,21,22). The molecule has 1 aliphatic heterocycles. The van der Waals surface area contributed by atoms with E-state index < -0.39 is 5.97 Å². The largest absolute Gasteiger partial charge is 0.478 e. The van der Waals surface area contributed by atoms with Gasteiger partial charge in [-0.1, -0.05) is 12.1 Å². The first-order chi connectivity index (χ1) is 11.2. The van der Waals surface area contributed by atoms with Crippen molar-refractivity contribution < 1.29 is 14.6 Å². The Kier molecular flexibility index (Phi) is 4.63. The molecule has 0 aromatic heterocycles. The molecule has 0 atom stereocenters. The van der Waals surface area contributed by atoms with Gasteiger partial charge in [0, 0.05) is 18.8 Å². The minimum absolute atomic E-state index is 0.140. The average Bonchev–Trinajstić information content (AvgIpc) is 2.61. The number of carboxylic acids is 1. The number of aromatic carboxylic acids is 1. The highest BCUT2D eigenvalue weighted by Crippen LogP contribution is 2.24. The van der Waals surface area contributed by atoms with Gasteiger partial charge < -0.3 is 14.7 Å². The van der Waals surface area contributed by atoms with Crippen LogP contribution < -0.4 is 4.90 Å². The third-order valence-corrected chi connectivity index (χ3v) is 3.63. The van der Waals surface area contributed by atoms with Crippen molar-refractivity contribution in [2.24, 2.45) is 10.2 Å². The van der Waals surface area contributed by atoms with Gasteiger partial charge in [-0.2, -0.15) is 5.11 Å². The highest BCUT2D eigenvalue weighted by atomic mass is 16.5. The summed E-state index contributed by atoms with van der Waals surface area (Å²) in [5.74, 6) is -1.01. The van der Waals surface area contributed by atoms with E-state index in [1.54, 1.807) is 18.2 Å². The topological polar surface area (TPSA) is 74.5 Å². The molecule has 1 saturated heterocycles. The molecule has 1 N–H and O–H groups in total. The molecule has 2 aromatic carbocycles. The summed E-state index contributed by atoms with van der Waals surface area (Å²) < 4.78 is 5.34. The van der Waals surface area contributed by atoms with Crippen molar-refractivity contribution in [1.82, 2.24) is 0 Å². The number of morpholine rings is 1. The van der Waals surface area contributed by atoms with E-state index in [0.29, 0.717) is 11.4 Å². The molecule has 0 spiro atoms. The van der Waals surface area contributed by atoms with Gasteiger partial charge in [-0.25, -0.2) is 4.79 Å². The molecule has 3 rings (SSSR count). The molecule has 0 saturated carbocycles. The maximum atomic E-state index is 11.1. The van der Waals surface area contributed by atoms with Crippen LogP contribution in [0.1, 0.15) is 10.4 Å². The van der Waals surface area contributed by atoms with E-state index >= 15 is 0 Å². The molecule has 0 aliphatic carbocycles. The van der Waals surface area contributed by atoms with Gasteiger partial charge in [0.15, 0.2) is 0 Å². The molecule has 6 nitrogen and oxygen atoms in total. The lowest BCUT2D eigenvalue weighted by Crippen LogP contribution is -2.36. The van der Waals surface area contributed by atoms with Crippen LogP contribution in [-0.2, 0) is 4.74 Å². The molecule has 6 heteroatoms. The predicted octanol–water partition coefficient (Wildman–Crippen LogP) is 3.64. The van der Waals surface area contributed by atoms with E-state index in [0.717, 1.165) is 32.0 Å². The lowest BCUT2D eigenvalue weighted by molar-refractivity contribution is 0.0697. The number of ether oxygens (including phenoxy) is 1. The van der Waals surface area contributed by atoms with Crippen LogP contribution in [0.3, 0.4) is 0 Å². The van der Waals surface area contributed by atoms with E-state index in [1.807, 2.05) is 24.3 Å². The Morgan fingerprint density at radius 2 is 1.70 bits per heavy atom. The van der Waals surface area contributed by atoms with Crippen molar-refractivity contribution >= 4 is 23.0 Å². The number of rotatable bonds is 4. The fourth-order valence-electron chi connectivity index (χ4n) is 2.40. The van der Waals surface area contributed by atoms with Gasteiger partial charge in [0.05, 0.1) is 24.5 Å². The summed E-state index contributed by atoms with van der Waals surface area (Å²) >= 11 is 0. The summed E-state index contributed by atoms with van der Waals surface area (Å²) in [7, 11) is 0. The maximum absolute atomic E-state index is 11.1. The maximum Gasteiger partial charge on any atom is 0.337 e. The van der Waals surface area contributed by atoms with Gasteiger partial charge >= 0.3 is 5.97 Å². The van der Waals surface area contributed by atoms with Gasteiger partial charge in [-0.3, -0.25) is 0 Å². The van der Waals surface area contributed by atoms with E-state index in [4.69, 9.17) is 9.84 Å². The number of nitrogens with zero attached hydrogens (tertiary/aromatic N) is 3. The summed E-state index contributed by atoms with van der Waals surface area (Å²) in [6.07, 6.45) is 0. The minimum Gasteiger partial charge on any atom is -0.478 e. The minimum atomic E-state index is -1.01. The number of carbonyl (C=O) groups is 1. The fraction of sp³-hybridized carbons (Fsp3) is 0.235. The number of benzene rings is 2. The van der Waals surface area contributed by atoms with E-state index in [1.165, 1.54) is 6.07 Å². The zero-order valence-corrected chi connectivity index (χ0v) is 12.6. The lowest BCUT2D eigenvalue weighted by Gasteiger charge is -2.28. The zero-order chi connectivity index (χ0) is 16.1. The first kappa shape index (κ1) is 15.2. The number of anilines is 1. The second-order valence-electron chi connectivity index (χ2n) is 5.14. The monoisotopic (exact) mass is 311 g/mol. The van der Waals surface area contributed by atoms with Crippen LogP contribution in [0.15, 0.2) is 58.8 Å². The van der Waals surface area contributed by atoms with Crippen molar-refractivity contribution in [3.63, 3.8) is 0 Å². The summed E-state index contributed by atoms with van der Waals surface area (Å²) in [5.41, 5.74) is 2.29. The third-order valence-electron chi connectivity index (χ3n) is 3.63. The van der Waals surface area contributed by atoms with Crippen LogP contribution >= 0.6 is 0 Å². The Labute approximate surface area is 134 Å². The molecule has 1 aliphatic rings. The molecular weight excluding hydrogens is 294 g/mol. The second kappa shape index (κ2) is 7.02. The van der Waals surface area contributed by atoms with Crippen molar-refractivity contribution in [3.8, 4) is 0 Å². The van der Waals surface area contributed by atoms with Crippen molar-refractivity contribution in [2.75, 3.05) is 31.2 Å². The summed E-state index contributed by atoms with van der Waals surface area (Å²) in [5, 5.41) is 17.3. The Balaban J connectivity index is 1.74. The molecule has 0 radical (unpaired) electrons. The summed E-state index contributed by atoms with van der Waals surface area (Å²) in [4.78, 5) is 13.4. The number of carboxylic acid groups (broad SMARTS) is 1. The molecule has 23 heavy (non-hydrogen) atoms. The van der Waals surface area contributed by atoms with Crippen LogP contribution in [0.2, 0.25) is 0 Å². The smallest absolute Gasteiger partial charge is 0.337 e. The Morgan fingerprint density at radius 1 is 1.00 bits per heavy atom. The van der Waals surface area contributed by atoms with Gasteiger partial charge in [-0.05, 0) is 36.4 Å². The number of azo groups is 1. The average molecular weight is 311 g/mol. The van der Waals surface area contributed by atoms with Crippen LogP contribution in [0.4, 0.5) is 17.1 Å². The van der Waals surface area contributed by atoms with Gasteiger partial charge in [0.1, 0.15) is 5.69 Å². The first-order valence-electron chi connectivity index (χ1n) is 7.41. The predicted molar refractivity (Wildman–Crippen MR) is 87.1 cm³/mol. The summed E-state index contributed by atoms with van der Waals surface area (Å²) in [6.45, 7) is 3.25. The van der Waals surface area contributed by atoms with Crippen LogP contribution in [0, 0.1) is 0 Å². The molecule has 0 unspecified atom stereocenters. The third kappa shape index (κ3) is 3.73. The van der Waals surface area contributed by atoms with Crippen LogP contribution in [-0.4, -0.2) is 37.4 Å². The lowest BCUT2D eigenvalue weighted by atomic mass is 10.2. The van der Waals surface area contributed by atoms with Crippen molar-refractivity contribution in [3.05, 3.63) is 54.1 Å². The van der Waals surface area contributed by atoms with Crippen LogP contribution in [0.5, 0.6) is 0 Å². The first-order valence-corrected chi connectivity index (χ1v) is 7.41. The van der Waals surface area contributed by atoms with E-state index in [-0.39, 0.29) is 5.56 Å². The molecule has 1 heterocycles. The highest BCUT2D eigenvalue weighted by molar-refractivity contribution is 5.93. The quantitative estimate of drug-likeness (QED) is 0.875. The highest BCUT2D eigenvalue weighted by Gasteiger charge is 2.11. The van der Waals surface area contributed by atoms with Gasteiger partial charge in [0.25, 0.3) is 0 Å². The molecule has 1 fully saturated rings.